The predicted molar refractivity (Wildman–Crippen MR) is 96.8 cm³/mol. The number of hydrogen-bond donors (Lipinski definition) is 1. The maximum absolute atomic E-state index is 12.2. The van der Waals surface area contributed by atoms with Gasteiger partial charge in [-0.2, -0.15) is 0 Å². The number of allylic oxidation sites excluding steroid dienone is 2. The summed E-state index contributed by atoms with van der Waals surface area (Å²) < 4.78 is 45.4. The third-order valence-corrected chi connectivity index (χ3v) is 3.78. The van der Waals surface area contributed by atoms with Crippen molar-refractivity contribution in [3.63, 3.8) is 0 Å². The molecule has 1 N–H and O–H groups in total. The Morgan fingerprint density at radius 3 is 2.48 bits per heavy atom. The Kier molecular flexibility index (Phi) is 6.51. The van der Waals surface area contributed by atoms with Crippen molar-refractivity contribution in [1.29, 1.82) is 0 Å². The molecule has 0 aliphatic heterocycles. The summed E-state index contributed by atoms with van der Waals surface area (Å²) in [5.41, 5.74) is 2.22. The SMILES string of the molecule is CCOC(=O)CN=C1C=C(Nc2ccc(OC(F)(F)F)cc2)CC(C)(C)C1. The van der Waals surface area contributed by atoms with E-state index in [1.165, 1.54) is 24.3 Å². The smallest absolute Gasteiger partial charge is 0.465 e. The lowest BCUT2D eigenvalue weighted by molar-refractivity contribution is -0.274. The fourth-order valence-corrected chi connectivity index (χ4v) is 2.85. The summed E-state index contributed by atoms with van der Waals surface area (Å²) in [6.45, 7) is 6.18. The highest BCUT2D eigenvalue weighted by molar-refractivity contribution is 5.98. The van der Waals surface area contributed by atoms with Gasteiger partial charge in [-0.25, -0.2) is 0 Å². The Bertz CT molecular complexity index is 723. The van der Waals surface area contributed by atoms with Gasteiger partial charge >= 0.3 is 12.3 Å². The molecule has 148 valence electrons. The van der Waals surface area contributed by atoms with Gasteiger partial charge in [-0.3, -0.25) is 9.79 Å². The largest absolute Gasteiger partial charge is 0.573 e. The minimum atomic E-state index is -4.71. The number of nitrogens with zero attached hydrogens (tertiary/aromatic N) is 1. The van der Waals surface area contributed by atoms with Crippen LogP contribution in [0.25, 0.3) is 0 Å². The molecule has 0 fully saturated rings. The summed E-state index contributed by atoms with van der Waals surface area (Å²) in [7, 11) is 0. The second-order valence-electron chi connectivity index (χ2n) is 7.00. The van der Waals surface area contributed by atoms with Crippen LogP contribution in [0.5, 0.6) is 5.75 Å². The highest BCUT2D eigenvalue weighted by Crippen LogP contribution is 2.35. The number of esters is 1. The molecule has 1 aliphatic rings. The fraction of sp³-hybridized carbons (Fsp3) is 0.474. The van der Waals surface area contributed by atoms with Crippen molar-refractivity contribution in [3.05, 3.63) is 36.0 Å². The van der Waals surface area contributed by atoms with Gasteiger partial charge in [0.05, 0.1) is 6.61 Å². The summed E-state index contributed by atoms with van der Waals surface area (Å²) in [6, 6.07) is 5.53. The van der Waals surface area contributed by atoms with E-state index in [1.54, 1.807) is 6.92 Å². The predicted octanol–water partition coefficient (Wildman–Crippen LogP) is 4.71. The van der Waals surface area contributed by atoms with Crippen molar-refractivity contribution in [2.75, 3.05) is 18.5 Å². The Balaban J connectivity index is 2.09. The molecule has 1 aromatic rings. The first-order chi connectivity index (χ1) is 12.6. The standard InChI is InChI=1S/C19H23F3N2O3/c1-4-26-17(25)12-23-14-9-15(11-18(2,3)10-14)24-13-5-7-16(8-6-13)27-19(20,21)22/h5-9,24H,4,10-12H2,1-3H3. The van der Waals surface area contributed by atoms with E-state index in [0.29, 0.717) is 12.3 Å². The lowest BCUT2D eigenvalue weighted by Gasteiger charge is -2.31. The minimum Gasteiger partial charge on any atom is -0.465 e. The molecule has 1 aromatic carbocycles. The van der Waals surface area contributed by atoms with Crippen LogP contribution in [0, 0.1) is 5.41 Å². The highest BCUT2D eigenvalue weighted by Gasteiger charge is 2.31. The van der Waals surface area contributed by atoms with E-state index in [-0.39, 0.29) is 23.7 Å². The molecule has 8 heteroatoms. The van der Waals surface area contributed by atoms with Crippen LogP contribution in [0.4, 0.5) is 18.9 Å². The molecule has 1 aliphatic carbocycles. The summed E-state index contributed by atoms with van der Waals surface area (Å²) in [5, 5.41) is 3.20. The molecular formula is C19H23F3N2O3. The van der Waals surface area contributed by atoms with E-state index in [9.17, 15) is 18.0 Å². The average Bonchev–Trinajstić information content (AvgIpc) is 2.52. The normalized spacial score (nSPS) is 18.0. The number of alkyl halides is 3. The number of hydrogen-bond acceptors (Lipinski definition) is 5. The second-order valence-corrected chi connectivity index (χ2v) is 7.00. The summed E-state index contributed by atoms with van der Waals surface area (Å²) in [6.07, 6.45) is -1.39. The zero-order valence-electron chi connectivity index (χ0n) is 15.5. The average molecular weight is 384 g/mol. The number of rotatable bonds is 6. The van der Waals surface area contributed by atoms with Crippen molar-refractivity contribution in [1.82, 2.24) is 0 Å². The van der Waals surface area contributed by atoms with Crippen molar-refractivity contribution in [2.45, 2.75) is 40.0 Å². The second kappa shape index (κ2) is 8.45. The highest BCUT2D eigenvalue weighted by atomic mass is 19.4. The summed E-state index contributed by atoms with van der Waals surface area (Å²) >= 11 is 0. The number of halogens is 3. The molecule has 0 aromatic heterocycles. The first-order valence-electron chi connectivity index (χ1n) is 8.59. The Hall–Kier alpha value is -2.51. The first-order valence-corrected chi connectivity index (χ1v) is 8.59. The molecule has 0 heterocycles. The van der Waals surface area contributed by atoms with E-state index in [4.69, 9.17) is 4.74 Å². The number of anilines is 1. The molecule has 0 atom stereocenters. The van der Waals surface area contributed by atoms with Crippen molar-refractivity contribution in [2.24, 2.45) is 10.4 Å². The van der Waals surface area contributed by atoms with E-state index < -0.39 is 6.36 Å². The first kappa shape index (κ1) is 20.8. The Labute approximate surface area is 156 Å². The van der Waals surface area contributed by atoms with Crippen LogP contribution in [-0.4, -0.2) is 31.2 Å². The van der Waals surface area contributed by atoms with Crippen LogP contribution in [0.15, 0.2) is 41.0 Å². The van der Waals surface area contributed by atoms with Gasteiger partial charge in [-0.05, 0) is 55.5 Å². The van der Waals surface area contributed by atoms with Gasteiger partial charge in [0.1, 0.15) is 12.3 Å². The maximum Gasteiger partial charge on any atom is 0.573 e. The molecular weight excluding hydrogens is 361 g/mol. The van der Waals surface area contributed by atoms with Gasteiger partial charge in [-0.15, -0.1) is 13.2 Å². The van der Waals surface area contributed by atoms with Gasteiger partial charge < -0.3 is 14.8 Å². The summed E-state index contributed by atoms with van der Waals surface area (Å²) in [5.74, 6) is -0.653. The van der Waals surface area contributed by atoms with Crippen LogP contribution in [0.2, 0.25) is 0 Å². The minimum absolute atomic E-state index is 0.0352. The van der Waals surface area contributed by atoms with Gasteiger partial charge in [0.25, 0.3) is 0 Å². The van der Waals surface area contributed by atoms with Gasteiger partial charge in [0.2, 0.25) is 0 Å². The van der Waals surface area contributed by atoms with E-state index in [2.05, 4.69) is 28.9 Å². The number of ether oxygens (including phenoxy) is 2. The third-order valence-electron chi connectivity index (χ3n) is 3.78. The van der Waals surface area contributed by atoms with Crippen LogP contribution >= 0.6 is 0 Å². The van der Waals surface area contributed by atoms with Gasteiger partial charge in [0, 0.05) is 17.1 Å². The summed E-state index contributed by atoms with van der Waals surface area (Å²) in [4.78, 5) is 15.8. The van der Waals surface area contributed by atoms with Gasteiger partial charge in [-0.1, -0.05) is 13.8 Å². The number of benzene rings is 1. The molecule has 0 bridgehead atoms. The topological polar surface area (TPSA) is 59.9 Å². The van der Waals surface area contributed by atoms with E-state index in [1.807, 2.05) is 6.08 Å². The fourth-order valence-electron chi connectivity index (χ4n) is 2.85. The van der Waals surface area contributed by atoms with Crippen molar-refractivity contribution < 1.29 is 27.4 Å². The monoisotopic (exact) mass is 384 g/mol. The van der Waals surface area contributed by atoms with Crippen LogP contribution in [0.3, 0.4) is 0 Å². The number of carbonyl (C=O) groups is 1. The van der Waals surface area contributed by atoms with E-state index >= 15 is 0 Å². The zero-order valence-corrected chi connectivity index (χ0v) is 15.5. The van der Waals surface area contributed by atoms with Crippen molar-refractivity contribution >= 4 is 17.4 Å². The molecule has 27 heavy (non-hydrogen) atoms. The van der Waals surface area contributed by atoms with Crippen LogP contribution in [0.1, 0.15) is 33.6 Å². The molecule has 5 nitrogen and oxygen atoms in total. The molecule has 0 radical (unpaired) electrons. The number of nitrogens with one attached hydrogen (secondary N) is 1. The quantitative estimate of drug-likeness (QED) is 0.722. The number of carbonyl (C=O) groups excluding carboxylic acids is 1. The maximum atomic E-state index is 12.2. The lowest BCUT2D eigenvalue weighted by Crippen LogP contribution is -2.25. The Morgan fingerprint density at radius 2 is 1.89 bits per heavy atom. The number of aliphatic imine (C=N–C) groups is 1. The van der Waals surface area contributed by atoms with Crippen LogP contribution in [-0.2, 0) is 9.53 Å². The molecule has 0 saturated heterocycles. The van der Waals surface area contributed by atoms with E-state index in [0.717, 1.165) is 24.3 Å². The van der Waals surface area contributed by atoms with Crippen molar-refractivity contribution in [3.8, 4) is 5.75 Å². The zero-order chi connectivity index (χ0) is 20.1. The molecule has 0 amide bonds. The lowest BCUT2D eigenvalue weighted by atomic mass is 9.78. The molecule has 0 saturated carbocycles. The van der Waals surface area contributed by atoms with Gasteiger partial charge in [0.15, 0.2) is 0 Å². The molecule has 0 unspecified atom stereocenters. The molecule has 0 spiro atoms. The Morgan fingerprint density at radius 1 is 1.22 bits per heavy atom. The molecule has 2 rings (SSSR count). The third kappa shape index (κ3) is 7.32. The van der Waals surface area contributed by atoms with Crippen LogP contribution < -0.4 is 10.1 Å².